The van der Waals surface area contributed by atoms with Gasteiger partial charge in [0.2, 0.25) is 0 Å². The van der Waals surface area contributed by atoms with Crippen molar-refractivity contribution >= 4 is 23.1 Å². The van der Waals surface area contributed by atoms with Gasteiger partial charge < -0.3 is 67.1 Å². The van der Waals surface area contributed by atoms with Gasteiger partial charge in [0.15, 0.2) is 23.1 Å². The Hall–Kier alpha value is -4.12. The first kappa shape index (κ1) is 56.3. The molecule has 0 aromatic rings. The van der Waals surface area contributed by atoms with E-state index in [2.05, 4.69) is 47.6 Å². The number of ketones is 4. The predicted octanol–water partition coefficient (Wildman–Crippen LogP) is -0.351. The molecule has 0 heterocycles. The average molecular weight is 729 g/mol. The molecule has 0 bridgehead atoms. The molecule has 16 nitrogen and oxygen atoms in total. The number of hydrogen-bond acceptors (Lipinski definition) is 16. The lowest BCUT2D eigenvalue weighted by Gasteiger charge is -2.13. The molecule has 0 aliphatic heterocycles. The fourth-order valence-electron chi connectivity index (χ4n) is 3.46. The first-order chi connectivity index (χ1) is 22.8. The zero-order valence-electron chi connectivity index (χ0n) is 31.9. The van der Waals surface area contributed by atoms with E-state index >= 15 is 0 Å². The zero-order valence-corrected chi connectivity index (χ0v) is 31.9. The van der Waals surface area contributed by atoms with Crippen molar-refractivity contribution in [2.24, 2.45) is 69.5 Å². The van der Waals surface area contributed by atoms with Crippen molar-refractivity contribution in [1.29, 1.82) is 0 Å². The average Bonchev–Trinajstić information content (AvgIpc) is 3.00. The molecule has 0 spiro atoms. The molecular weight excluding hydrogens is 652 g/mol. The van der Waals surface area contributed by atoms with Gasteiger partial charge in [0.05, 0.1) is 47.5 Å². The molecule has 4 atom stereocenters. The van der Waals surface area contributed by atoms with Crippen LogP contribution in [-0.2, 0) is 19.2 Å². The van der Waals surface area contributed by atoms with Gasteiger partial charge in [-0.3, -0.25) is 19.2 Å². The summed E-state index contributed by atoms with van der Waals surface area (Å²) in [5.74, 6) is 1.65. The second-order valence-corrected chi connectivity index (χ2v) is 12.9. The quantitative estimate of drug-likeness (QED) is 0.0677. The van der Waals surface area contributed by atoms with Gasteiger partial charge in [-0.25, -0.2) is 0 Å². The molecule has 0 radical (unpaired) electrons. The molecule has 0 aliphatic carbocycles. The first-order valence-electron chi connectivity index (χ1n) is 16.7. The minimum Gasteiger partial charge on any atom is -0.386 e. The molecule has 0 aliphatic rings. The standard InChI is InChI=1S/2C9H19N3O.2C8H17N3O.CH4/c2*1-6(2)9(13)8(11)4-5-12-7(3)10;2*1-5(2)8(12)7(10)4-11-6(3)9;/h2*6,8,12H,3-5,10-11H2,1-2H3;2*5,7,11H,3-4,9-10H2,1-2H3;1H4/t2*8-;2*7-;/m1010./s1. The van der Waals surface area contributed by atoms with Gasteiger partial charge in [-0.15, -0.1) is 0 Å². The molecule has 0 rings (SSSR count). The predicted molar refractivity (Wildman–Crippen MR) is 213 cm³/mol. The maximum absolute atomic E-state index is 11.3. The Labute approximate surface area is 308 Å². The molecule has 16 heteroatoms. The third-order valence-corrected chi connectivity index (χ3v) is 6.45. The highest BCUT2D eigenvalue weighted by atomic mass is 16.1. The van der Waals surface area contributed by atoms with Crippen LogP contribution >= 0.6 is 0 Å². The van der Waals surface area contributed by atoms with Gasteiger partial charge in [-0.1, -0.05) is 89.1 Å². The maximum atomic E-state index is 11.3. The van der Waals surface area contributed by atoms with Crippen LogP contribution in [0.4, 0.5) is 0 Å². The van der Waals surface area contributed by atoms with Crippen LogP contribution in [0.5, 0.6) is 0 Å². The molecule has 0 saturated carbocycles. The van der Waals surface area contributed by atoms with Crippen LogP contribution in [0.3, 0.4) is 0 Å². The fraction of sp³-hybridized carbons (Fsp3) is 0.657. The highest BCUT2D eigenvalue weighted by Crippen LogP contribution is 2.02. The lowest BCUT2D eigenvalue weighted by atomic mass is 10.0. The molecule has 0 aromatic heterocycles. The van der Waals surface area contributed by atoms with E-state index in [4.69, 9.17) is 45.9 Å². The van der Waals surface area contributed by atoms with E-state index < -0.39 is 24.2 Å². The van der Waals surface area contributed by atoms with Crippen LogP contribution < -0.4 is 67.1 Å². The minimum atomic E-state index is -0.495. The van der Waals surface area contributed by atoms with E-state index in [1.165, 1.54) is 0 Å². The van der Waals surface area contributed by atoms with Crippen LogP contribution in [0.25, 0.3) is 0 Å². The summed E-state index contributed by atoms with van der Waals surface area (Å²) in [4.78, 5) is 45.1. The lowest BCUT2D eigenvalue weighted by Crippen LogP contribution is -2.42. The van der Waals surface area contributed by atoms with E-state index in [9.17, 15) is 19.2 Å². The van der Waals surface area contributed by atoms with E-state index in [0.29, 0.717) is 62.3 Å². The van der Waals surface area contributed by atoms with Crippen LogP contribution in [0.15, 0.2) is 49.6 Å². The number of carbonyl (C=O) groups excluding carboxylic acids is 4. The second-order valence-electron chi connectivity index (χ2n) is 12.9. The second kappa shape index (κ2) is 31.8. The van der Waals surface area contributed by atoms with E-state index in [-0.39, 0.29) is 54.2 Å². The molecule has 0 amide bonds. The number of Topliss-reactive ketones (excluding diaryl/α,β-unsaturated/α-hetero) is 4. The van der Waals surface area contributed by atoms with Gasteiger partial charge >= 0.3 is 0 Å². The summed E-state index contributed by atoms with van der Waals surface area (Å²) >= 11 is 0. The Bertz CT molecular complexity index is 979. The Morgan fingerprint density at radius 2 is 0.627 bits per heavy atom. The molecule has 0 unspecified atom stereocenters. The summed E-state index contributed by atoms with van der Waals surface area (Å²) in [7, 11) is 0. The van der Waals surface area contributed by atoms with Crippen LogP contribution in [0.1, 0.15) is 75.7 Å². The highest BCUT2D eigenvalue weighted by molar-refractivity contribution is 5.86. The Morgan fingerprint density at radius 3 is 0.804 bits per heavy atom. The zero-order chi connectivity index (χ0) is 40.3. The highest BCUT2D eigenvalue weighted by Gasteiger charge is 2.18. The van der Waals surface area contributed by atoms with Crippen molar-refractivity contribution in [2.45, 2.75) is 99.8 Å². The third kappa shape index (κ3) is 35.5. The Kier molecular flexibility index (Phi) is 35.1. The van der Waals surface area contributed by atoms with E-state index in [1.54, 1.807) is 0 Å². The molecule has 0 aromatic carbocycles. The van der Waals surface area contributed by atoms with Gasteiger partial charge in [-0.2, -0.15) is 0 Å². The van der Waals surface area contributed by atoms with E-state index in [0.717, 1.165) is 0 Å². The van der Waals surface area contributed by atoms with Gasteiger partial charge in [0.1, 0.15) is 0 Å². The Balaban J connectivity index is -0.000000183. The largest absolute Gasteiger partial charge is 0.386 e. The number of nitrogens with two attached hydrogens (primary N) is 8. The molecule has 0 fully saturated rings. The third-order valence-electron chi connectivity index (χ3n) is 6.45. The first-order valence-corrected chi connectivity index (χ1v) is 16.7. The summed E-state index contributed by atoms with van der Waals surface area (Å²) in [6.45, 7) is 30.4. The van der Waals surface area contributed by atoms with E-state index in [1.807, 2.05) is 55.4 Å². The number of hydrogen-bond donors (Lipinski definition) is 12. The minimum absolute atomic E-state index is 0. The van der Waals surface area contributed by atoms with Crippen molar-refractivity contribution in [3.8, 4) is 0 Å². The van der Waals surface area contributed by atoms with Crippen LogP contribution in [0, 0.1) is 23.7 Å². The van der Waals surface area contributed by atoms with Crippen molar-refractivity contribution < 1.29 is 19.2 Å². The van der Waals surface area contributed by atoms with Crippen molar-refractivity contribution in [2.75, 3.05) is 26.2 Å². The van der Waals surface area contributed by atoms with Crippen molar-refractivity contribution in [1.82, 2.24) is 21.3 Å². The maximum Gasteiger partial charge on any atom is 0.153 e. The molecular formula is C35H76N12O4. The molecule has 51 heavy (non-hydrogen) atoms. The number of carbonyl (C=O) groups is 4. The lowest BCUT2D eigenvalue weighted by molar-refractivity contribution is -0.123. The summed E-state index contributed by atoms with van der Waals surface area (Å²) in [6.07, 6.45) is 1.18. The molecule has 20 N–H and O–H groups in total. The molecule has 300 valence electrons. The monoisotopic (exact) mass is 729 g/mol. The summed E-state index contributed by atoms with van der Waals surface area (Å²) in [5.41, 5.74) is 43.5. The number of rotatable bonds is 22. The van der Waals surface area contributed by atoms with Crippen LogP contribution in [0.2, 0.25) is 0 Å². The van der Waals surface area contributed by atoms with Gasteiger partial charge in [-0.05, 0) is 12.8 Å². The summed E-state index contributed by atoms with van der Waals surface area (Å²) < 4.78 is 0. The smallest absolute Gasteiger partial charge is 0.153 e. The SMILES string of the molecule is C.C=C(N)NCC[C@@H](N)C(=O)C(C)C.C=C(N)NCC[C@H](N)C(=O)C(C)C.C=C(N)NC[C@@H](N)C(=O)C(C)C.C=C(N)NC[C@H](N)C(=O)C(C)C. The fourth-order valence-corrected chi connectivity index (χ4v) is 3.46. The topological polar surface area (TPSA) is 325 Å². The van der Waals surface area contributed by atoms with Crippen molar-refractivity contribution in [3.63, 3.8) is 0 Å². The summed E-state index contributed by atoms with van der Waals surface area (Å²) in [6, 6.07) is -1.78. The normalized spacial score (nSPS) is 12.4. The number of nitrogens with one attached hydrogen (secondary N) is 4. The van der Waals surface area contributed by atoms with Crippen molar-refractivity contribution in [3.05, 3.63) is 49.6 Å². The van der Waals surface area contributed by atoms with Gasteiger partial charge in [0, 0.05) is 49.9 Å². The Morgan fingerprint density at radius 1 is 0.431 bits per heavy atom. The molecule has 0 saturated heterocycles. The van der Waals surface area contributed by atoms with Crippen LogP contribution in [-0.4, -0.2) is 73.5 Å². The van der Waals surface area contributed by atoms with Gasteiger partial charge in [0.25, 0.3) is 0 Å². The summed E-state index contributed by atoms with van der Waals surface area (Å²) in [5, 5.41) is 11.1.